The maximum Gasteiger partial charge on any atom is 0.174 e. The summed E-state index contributed by atoms with van der Waals surface area (Å²) in [7, 11) is 0. The Kier molecular flexibility index (Phi) is 2.66. The topological polar surface area (TPSA) is 35.5 Å². The molecule has 0 bridgehead atoms. The van der Waals surface area contributed by atoms with Gasteiger partial charge in [-0.3, -0.25) is 4.79 Å². The van der Waals surface area contributed by atoms with Crippen molar-refractivity contribution in [2.24, 2.45) is 16.7 Å². The Hall–Kier alpha value is -0.410. The number of ketones is 1. The van der Waals surface area contributed by atoms with Crippen LogP contribution in [0.4, 0.5) is 0 Å². The van der Waals surface area contributed by atoms with Crippen LogP contribution in [0.2, 0.25) is 0 Å². The van der Waals surface area contributed by atoms with Crippen LogP contribution >= 0.6 is 0 Å². The maximum atomic E-state index is 12.2. The minimum Gasteiger partial charge on any atom is -0.347 e. The van der Waals surface area contributed by atoms with Gasteiger partial charge in [0.25, 0.3) is 0 Å². The van der Waals surface area contributed by atoms with Crippen LogP contribution in [-0.2, 0) is 14.3 Å². The Balaban J connectivity index is 2.02. The van der Waals surface area contributed by atoms with Crippen LogP contribution in [0.5, 0.6) is 0 Å². The van der Waals surface area contributed by atoms with E-state index < -0.39 is 5.79 Å². The van der Waals surface area contributed by atoms with Crippen molar-refractivity contribution in [2.75, 3.05) is 13.2 Å². The highest BCUT2D eigenvalue weighted by atomic mass is 16.7. The van der Waals surface area contributed by atoms with Gasteiger partial charge < -0.3 is 9.47 Å². The van der Waals surface area contributed by atoms with Crippen molar-refractivity contribution >= 4 is 5.78 Å². The van der Waals surface area contributed by atoms with Crippen molar-refractivity contribution in [3.8, 4) is 0 Å². The predicted octanol–water partition coefficient (Wildman–Crippen LogP) is 2.93. The van der Waals surface area contributed by atoms with Crippen LogP contribution in [0, 0.1) is 16.7 Å². The van der Waals surface area contributed by atoms with E-state index in [1.807, 2.05) is 0 Å². The summed E-state index contributed by atoms with van der Waals surface area (Å²) in [4.78, 5) is 12.2. The smallest absolute Gasteiger partial charge is 0.174 e. The van der Waals surface area contributed by atoms with E-state index in [0.29, 0.717) is 31.3 Å². The van der Waals surface area contributed by atoms with Gasteiger partial charge in [0.1, 0.15) is 5.78 Å². The van der Waals surface area contributed by atoms with E-state index in [0.717, 1.165) is 25.7 Å². The molecule has 3 fully saturated rings. The first-order chi connectivity index (χ1) is 8.42. The molecule has 1 unspecified atom stereocenters. The molecule has 18 heavy (non-hydrogen) atoms. The zero-order valence-electron chi connectivity index (χ0n) is 11.8. The van der Waals surface area contributed by atoms with E-state index in [2.05, 4.69) is 20.8 Å². The number of fused-ring (bicyclic) bond motifs is 2. The van der Waals surface area contributed by atoms with Gasteiger partial charge in [-0.1, -0.05) is 20.8 Å². The molecule has 0 aromatic heterocycles. The Morgan fingerprint density at radius 3 is 2.44 bits per heavy atom. The molecular formula is C15H24O3. The summed E-state index contributed by atoms with van der Waals surface area (Å²) >= 11 is 0. The van der Waals surface area contributed by atoms with Gasteiger partial charge in [0, 0.05) is 23.7 Å². The number of carbonyl (C=O) groups excluding carboxylic acids is 1. The summed E-state index contributed by atoms with van der Waals surface area (Å²) in [6, 6.07) is 0. The second-order valence-electron chi connectivity index (χ2n) is 6.96. The average Bonchev–Trinajstić information content (AvgIpc) is 2.78. The fourth-order valence-electron chi connectivity index (χ4n) is 4.75. The molecule has 0 radical (unpaired) electrons. The molecule has 1 aliphatic heterocycles. The van der Waals surface area contributed by atoms with E-state index in [4.69, 9.17) is 9.47 Å². The number of hydrogen-bond acceptors (Lipinski definition) is 3. The summed E-state index contributed by atoms with van der Waals surface area (Å²) in [5.41, 5.74) is -0.227. The van der Waals surface area contributed by atoms with E-state index >= 15 is 0 Å². The van der Waals surface area contributed by atoms with E-state index in [-0.39, 0.29) is 10.8 Å². The summed E-state index contributed by atoms with van der Waals surface area (Å²) in [6.45, 7) is 7.93. The van der Waals surface area contributed by atoms with Gasteiger partial charge in [-0.25, -0.2) is 0 Å². The van der Waals surface area contributed by atoms with Crippen LogP contribution in [0.15, 0.2) is 0 Å². The van der Waals surface area contributed by atoms with E-state index in [1.54, 1.807) is 0 Å². The Bertz CT molecular complexity index is 368. The zero-order valence-corrected chi connectivity index (χ0v) is 11.8. The summed E-state index contributed by atoms with van der Waals surface area (Å²) in [6.07, 6.45) is 4.82. The van der Waals surface area contributed by atoms with E-state index in [9.17, 15) is 4.79 Å². The molecule has 3 aliphatic rings. The van der Waals surface area contributed by atoms with Gasteiger partial charge in [-0.15, -0.1) is 0 Å². The molecule has 2 saturated carbocycles. The lowest BCUT2D eigenvalue weighted by molar-refractivity contribution is -0.285. The number of rotatable bonds is 0. The molecule has 0 amide bonds. The largest absolute Gasteiger partial charge is 0.347 e. The standard InChI is InChI=1S/C15H24O3/c1-13(2)11-5-4-7-15(17-9-10-18-15)14(11,3)8-6-12(13)16/h11H,4-10H2,1-3H3/t11?,14-/m0/s1. The van der Waals surface area contributed by atoms with Gasteiger partial charge in [-0.2, -0.15) is 0 Å². The Labute approximate surface area is 109 Å². The number of Topliss-reactive ketones (excluding diaryl/α,β-unsaturated/α-hetero) is 1. The first-order valence-corrected chi connectivity index (χ1v) is 7.24. The first kappa shape index (κ1) is 12.6. The van der Waals surface area contributed by atoms with Crippen LogP contribution in [0.25, 0.3) is 0 Å². The molecule has 2 aliphatic carbocycles. The summed E-state index contributed by atoms with van der Waals surface area (Å²) in [5, 5.41) is 0. The molecule has 3 rings (SSSR count). The molecule has 3 heteroatoms. The third-order valence-corrected chi connectivity index (χ3v) is 5.85. The molecule has 1 heterocycles. The minimum atomic E-state index is -0.409. The molecule has 0 aromatic carbocycles. The zero-order chi connectivity index (χ0) is 13.0. The molecule has 3 nitrogen and oxygen atoms in total. The lowest BCUT2D eigenvalue weighted by Gasteiger charge is -2.59. The molecule has 102 valence electrons. The minimum absolute atomic E-state index is 0.000833. The fourth-order valence-corrected chi connectivity index (χ4v) is 4.75. The third kappa shape index (κ3) is 1.41. The van der Waals surface area contributed by atoms with Crippen molar-refractivity contribution in [1.29, 1.82) is 0 Å². The Morgan fingerprint density at radius 1 is 1.11 bits per heavy atom. The van der Waals surface area contributed by atoms with Crippen LogP contribution in [0.1, 0.15) is 52.9 Å². The molecule has 0 N–H and O–H groups in total. The molecular weight excluding hydrogens is 228 g/mol. The fraction of sp³-hybridized carbons (Fsp3) is 0.933. The number of carbonyl (C=O) groups is 1. The monoisotopic (exact) mass is 252 g/mol. The predicted molar refractivity (Wildman–Crippen MR) is 68.1 cm³/mol. The maximum absolute atomic E-state index is 12.2. The van der Waals surface area contributed by atoms with Gasteiger partial charge in [0.2, 0.25) is 0 Å². The lowest BCUT2D eigenvalue weighted by Crippen LogP contribution is -2.61. The summed E-state index contributed by atoms with van der Waals surface area (Å²) < 4.78 is 12.1. The van der Waals surface area contributed by atoms with Gasteiger partial charge in [0.05, 0.1) is 13.2 Å². The van der Waals surface area contributed by atoms with E-state index in [1.165, 1.54) is 0 Å². The molecule has 0 aromatic rings. The van der Waals surface area contributed by atoms with Crippen LogP contribution < -0.4 is 0 Å². The van der Waals surface area contributed by atoms with Crippen molar-refractivity contribution in [2.45, 2.75) is 58.7 Å². The number of ether oxygens (including phenoxy) is 2. The average molecular weight is 252 g/mol. The van der Waals surface area contributed by atoms with Gasteiger partial charge in [0.15, 0.2) is 5.79 Å². The van der Waals surface area contributed by atoms with Gasteiger partial charge in [-0.05, 0) is 25.2 Å². The highest BCUT2D eigenvalue weighted by Crippen LogP contribution is 2.62. The lowest BCUT2D eigenvalue weighted by atomic mass is 9.49. The SMILES string of the molecule is CC1(C)C(=O)CC[C@@]2(C)C1CCCC21OCCO1. The quantitative estimate of drug-likeness (QED) is 0.665. The highest BCUT2D eigenvalue weighted by molar-refractivity contribution is 5.85. The highest BCUT2D eigenvalue weighted by Gasteiger charge is 2.64. The summed E-state index contributed by atoms with van der Waals surface area (Å²) in [5.74, 6) is 0.395. The van der Waals surface area contributed by atoms with Crippen LogP contribution in [0.3, 0.4) is 0 Å². The molecule has 2 atom stereocenters. The van der Waals surface area contributed by atoms with Crippen LogP contribution in [-0.4, -0.2) is 24.8 Å². The first-order valence-electron chi connectivity index (χ1n) is 7.24. The second kappa shape index (κ2) is 3.80. The second-order valence-corrected chi connectivity index (χ2v) is 6.96. The Morgan fingerprint density at radius 2 is 1.78 bits per heavy atom. The normalized spacial score (nSPS) is 41.9. The van der Waals surface area contributed by atoms with Crippen molar-refractivity contribution < 1.29 is 14.3 Å². The van der Waals surface area contributed by atoms with Crippen molar-refractivity contribution in [1.82, 2.24) is 0 Å². The number of hydrogen-bond donors (Lipinski definition) is 0. The van der Waals surface area contributed by atoms with Crippen molar-refractivity contribution in [3.05, 3.63) is 0 Å². The molecule has 1 spiro atoms. The van der Waals surface area contributed by atoms with Crippen molar-refractivity contribution in [3.63, 3.8) is 0 Å². The molecule has 1 saturated heterocycles. The third-order valence-electron chi connectivity index (χ3n) is 5.85. The van der Waals surface area contributed by atoms with Gasteiger partial charge >= 0.3 is 0 Å².